The quantitative estimate of drug-likeness (QED) is 0.614. The smallest absolute Gasteiger partial charge is 0.326 e. The Labute approximate surface area is 166 Å². The molecule has 0 atom stereocenters. The second-order valence-electron chi connectivity index (χ2n) is 6.19. The van der Waals surface area contributed by atoms with E-state index in [4.69, 9.17) is 5.14 Å². The van der Waals surface area contributed by atoms with Crippen LogP contribution in [-0.4, -0.2) is 23.0 Å². The standard InChI is InChI=1S/C17H12F6N4O2S/c18-16(19,20)13-6-1-10(7-25-13)8-27-9-14(17(21,22)23)26-15(27)11-2-4-12(5-3-11)30(24,28)29/h1-7,9H,8H2,(H2,24,28,29). The van der Waals surface area contributed by atoms with E-state index < -0.39 is 33.8 Å². The Bertz CT molecular complexity index is 1150. The number of alkyl halides is 6. The number of hydrogen-bond acceptors (Lipinski definition) is 4. The minimum absolute atomic E-state index is 0.151. The van der Waals surface area contributed by atoms with Gasteiger partial charge in [-0.2, -0.15) is 26.3 Å². The Morgan fingerprint density at radius 3 is 1.97 bits per heavy atom. The molecule has 3 rings (SSSR count). The van der Waals surface area contributed by atoms with E-state index in [0.29, 0.717) is 6.20 Å². The molecule has 2 aromatic heterocycles. The summed E-state index contributed by atoms with van der Waals surface area (Å²) in [5.41, 5.74) is -1.99. The van der Waals surface area contributed by atoms with Crippen molar-refractivity contribution in [1.29, 1.82) is 0 Å². The summed E-state index contributed by atoms with van der Waals surface area (Å²) in [4.78, 5) is 6.59. The van der Waals surface area contributed by atoms with Crippen molar-refractivity contribution in [3.63, 3.8) is 0 Å². The summed E-state index contributed by atoms with van der Waals surface area (Å²) in [6.45, 7) is -0.250. The first-order chi connectivity index (χ1) is 13.7. The highest BCUT2D eigenvalue weighted by Gasteiger charge is 2.35. The second-order valence-corrected chi connectivity index (χ2v) is 7.76. The topological polar surface area (TPSA) is 90.9 Å². The fourth-order valence-corrected chi connectivity index (χ4v) is 3.09. The minimum atomic E-state index is -4.76. The SMILES string of the molecule is NS(=O)(=O)c1ccc(-c2nc(C(F)(F)F)cn2Cc2ccc(C(F)(F)F)nc2)cc1. The summed E-state index contributed by atoms with van der Waals surface area (Å²) < 4.78 is 101. The number of nitrogens with zero attached hydrogens (tertiary/aromatic N) is 3. The van der Waals surface area contributed by atoms with E-state index in [1.54, 1.807) is 0 Å². The molecule has 0 spiro atoms. The third kappa shape index (κ3) is 4.79. The lowest BCUT2D eigenvalue weighted by Gasteiger charge is -2.10. The average Bonchev–Trinajstić information content (AvgIpc) is 3.05. The van der Waals surface area contributed by atoms with Crippen LogP contribution in [0, 0.1) is 0 Å². The number of rotatable bonds is 4. The van der Waals surface area contributed by atoms with Crippen molar-refractivity contribution in [2.45, 2.75) is 23.8 Å². The van der Waals surface area contributed by atoms with Gasteiger partial charge in [-0.05, 0) is 35.9 Å². The van der Waals surface area contributed by atoms with Gasteiger partial charge < -0.3 is 4.57 Å². The molecule has 2 N–H and O–H groups in total. The van der Waals surface area contributed by atoms with Crippen LogP contribution >= 0.6 is 0 Å². The normalized spacial score (nSPS) is 12.9. The number of imidazole rings is 1. The molecule has 0 bridgehead atoms. The Morgan fingerprint density at radius 1 is 0.900 bits per heavy atom. The Balaban J connectivity index is 2.01. The van der Waals surface area contributed by atoms with Crippen molar-refractivity contribution >= 4 is 10.0 Å². The summed E-state index contributed by atoms with van der Waals surface area (Å²) in [7, 11) is -4.00. The van der Waals surface area contributed by atoms with E-state index in [0.717, 1.165) is 35.0 Å². The van der Waals surface area contributed by atoms with Crippen LogP contribution in [0.3, 0.4) is 0 Å². The lowest BCUT2D eigenvalue weighted by Crippen LogP contribution is -2.11. The highest BCUT2D eigenvalue weighted by Crippen LogP contribution is 2.32. The molecule has 3 aromatic rings. The predicted octanol–water partition coefficient (Wildman–Crippen LogP) is 3.68. The molecule has 6 nitrogen and oxygen atoms in total. The molecule has 30 heavy (non-hydrogen) atoms. The van der Waals surface area contributed by atoms with Crippen molar-refractivity contribution in [3.05, 3.63) is 65.7 Å². The molecule has 1 aromatic carbocycles. The van der Waals surface area contributed by atoms with Gasteiger partial charge in [0.05, 0.1) is 11.4 Å². The van der Waals surface area contributed by atoms with E-state index in [-0.39, 0.29) is 28.4 Å². The molecule has 13 heteroatoms. The molecule has 0 radical (unpaired) electrons. The van der Waals surface area contributed by atoms with Gasteiger partial charge in [-0.15, -0.1) is 0 Å². The Morgan fingerprint density at radius 2 is 1.50 bits per heavy atom. The van der Waals surface area contributed by atoms with Crippen molar-refractivity contribution in [3.8, 4) is 11.4 Å². The summed E-state index contributed by atoms with van der Waals surface area (Å²) in [5.74, 6) is -0.164. The molecule has 0 saturated carbocycles. The van der Waals surface area contributed by atoms with Crippen LogP contribution in [0.1, 0.15) is 17.0 Å². The van der Waals surface area contributed by atoms with Gasteiger partial charge >= 0.3 is 12.4 Å². The fourth-order valence-electron chi connectivity index (χ4n) is 2.58. The maximum Gasteiger partial charge on any atom is 0.434 e. The van der Waals surface area contributed by atoms with Crippen LogP contribution in [0.2, 0.25) is 0 Å². The minimum Gasteiger partial charge on any atom is -0.326 e. The molecule has 160 valence electrons. The number of hydrogen-bond donors (Lipinski definition) is 1. The maximum atomic E-state index is 13.1. The van der Waals surface area contributed by atoms with Gasteiger partial charge in [0.1, 0.15) is 11.5 Å². The molecule has 0 aliphatic carbocycles. The number of pyridine rings is 1. The van der Waals surface area contributed by atoms with Crippen molar-refractivity contribution in [2.24, 2.45) is 5.14 Å². The van der Waals surface area contributed by atoms with Gasteiger partial charge in [0.15, 0.2) is 5.69 Å². The molecular weight excluding hydrogens is 438 g/mol. The van der Waals surface area contributed by atoms with Crippen molar-refractivity contribution in [2.75, 3.05) is 0 Å². The van der Waals surface area contributed by atoms with Gasteiger partial charge in [-0.25, -0.2) is 18.5 Å². The third-order valence-corrected chi connectivity index (χ3v) is 4.91. The fraction of sp³-hybridized carbons (Fsp3) is 0.176. The van der Waals surface area contributed by atoms with Gasteiger partial charge in [-0.3, -0.25) is 4.98 Å². The summed E-state index contributed by atoms with van der Waals surface area (Å²) in [6, 6.07) is 6.48. The molecule has 0 aliphatic rings. The zero-order chi connectivity index (χ0) is 22.3. The zero-order valence-corrected chi connectivity index (χ0v) is 15.6. The molecule has 0 aliphatic heterocycles. The predicted molar refractivity (Wildman–Crippen MR) is 92.4 cm³/mol. The summed E-state index contributed by atoms with van der Waals surface area (Å²) in [6.07, 6.45) is -7.79. The zero-order valence-electron chi connectivity index (χ0n) is 14.7. The first-order valence-electron chi connectivity index (χ1n) is 8.05. The van der Waals surface area contributed by atoms with Crippen LogP contribution < -0.4 is 5.14 Å². The van der Waals surface area contributed by atoms with Crippen molar-refractivity contribution < 1.29 is 34.8 Å². The number of halogens is 6. The summed E-state index contributed by atoms with van der Waals surface area (Å²) >= 11 is 0. The van der Waals surface area contributed by atoms with Crippen molar-refractivity contribution in [1.82, 2.24) is 14.5 Å². The third-order valence-electron chi connectivity index (χ3n) is 3.98. The van der Waals surface area contributed by atoms with Gasteiger partial charge in [0.2, 0.25) is 10.0 Å². The summed E-state index contributed by atoms with van der Waals surface area (Å²) in [5, 5.41) is 5.00. The van der Waals surface area contributed by atoms with E-state index in [1.807, 2.05) is 0 Å². The maximum absolute atomic E-state index is 13.1. The number of aromatic nitrogens is 3. The molecule has 0 unspecified atom stereocenters. The number of benzene rings is 1. The van der Waals surface area contributed by atoms with Crippen LogP contribution in [0.15, 0.2) is 53.7 Å². The molecular formula is C17H12F6N4O2S. The first kappa shape index (κ1) is 21.8. The van der Waals surface area contributed by atoms with Crippen LogP contribution in [0.25, 0.3) is 11.4 Å². The Kier molecular flexibility index (Phi) is 5.37. The number of primary sulfonamides is 1. The largest absolute Gasteiger partial charge is 0.434 e. The molecule has 2 heterocycles. The second kappa shape index (κ2) is 7.40. The van der Waals surface area contributed by atoms with Crippen LogP contribution in [0.4, 0.5) is 26.3 Å². The van der Waals surface area contributed by atoms with Gasteiger partial charge in [0, 0.05) is 18.0 Å². The lowest BCUT2D eigenvalue weighted by molar-refractivity contribution is -0.141. The van der Waals surface area contributed by atoms with Crippen LogP contribution in [0.5, 0.6) is 0 Å². The van der Waals surface area contributed by atoms with E-state index in [1.165, 1.54) is 12.1 Å². The van der Waals surface area contributed by atoms with Gasteiger partial charge in [0.25, 0.3) is 0 Å². The molecule has 0 fully saturated rings. The van der Waals surface area contributed by atoms with E-state index in [2.05, 4.69) is 9.97 Å². The average molecular weight is 450 g/mol. The highest BCUT2D eigenvalue weighted by molar-refractivity contribution is 7.89. The highest BCUT2D eigenvalue weighted by atomic mass is 32.2. The Hall–Kier alpha value is -2.93. The molecule has 0 amide bonds. The number of sulfonamides is 1. The lowest BCUT2D eigenvalue weighted by atomic mass is 10.2. The number of nitrogens with two attached hydrogens (primary N) is 1. The van der Waals surface area contributed by atoms with E-state index in [9.17, 15) is 34.8 Å². The van der Waals surface area contributed by atoms with Gasteiger partial charge in [-0.1, -0.05) is 6.07 Å². The van der Waals surface area contributed by atoms with Crippen LogP contribution in [-0.2, 0) is 28.9 Å². The monoisotopic (exact) mass is 450 g/mol. The van der Waals surface area contributed by atoms with E-state index >= 15 is 0 Å². The first-order valence-corrected chi connectivity index (χ1v) is 9.59. The molecule has 0 saturated heterocycles.